The summed E-state index contributed by atoms with van der Waals surface area (Å²) in [5.74, 6) is 1.79. The van der Waals surface area contributed by atoms with Crippen molar-refractivity contribution in [3.05, 3.63) is 17.7 Å². The first-order valence-electron chi connectivity index (χ1n) is 7.53. The van der Waals surface area contributed by atoms with E-state index in [1.807, 2.05) is 12.1 Å². The number of benzene rings is 1. The summed E-state index contributed by atoms with van der Waals surface area (Å²) in [5, 5.41) is 13.3. The molecule has 2 atom stereocenters. The van der Waals surface area contributed by atoms with E-state index in [0.717, 1.165) is 25.2 Å². The number of aliphatic hydroxyl groups is 1. The van der Waals surface area contributed by atoms with Gasteiger partial charge in [-0.25, -0.2) is 0 Å². The van der Waals surface area contributed by atoms with E-state index >= 15 is 0 Å². The number of methoxy groups -OCH3 is 3. The SMILES string of the molecule is COc1cc(C(CO)N2CCNCC2C)cc(OC)c1OC. The lowest BCUT2D eigenvalue weighted by atomic mass is 10.0. The number of hydrogen-bond acceptors (Lipinski definition) is 6. The molecule has 1 heterocycles. The first kappa shape index (κ1) is 16.9. The van der Waals surface area contributed by atoms with Crippen molar-refractivity contribution in [2.75, 3.05) is 47.6 Å². The molecule has 0 radical (unpaired) electrons. The number of piperazine rings is 1. The highest BCUT2D eigenvalue weighted by Gasteiger charge is 2.28. The molecule has 0 saturated carbocycles. The molecule has 0 aliphatic carbocycles. The zero-order valence-electron chi connectivity index (χ0n) is 13.8. The van der Waals surface area contributed by atoms with Gasteiger partial charge in [0.1, 0.15) is 0 Å². The molecular weight excluding hydrogens is 284 g/mol. The fourth-order valence-corrected chi connectivity index (χ4v) is 3.02. The molecule has 1 aliphatic heterocycles. The summed E-state index contributed by atoms with van der Waals surface area (Å²) in [7, 11) is 4.78. The van der Waals surface area contributed by atoms with Crippen LogP contribution in [0.4, 0.5) is 0 Å². The second-order valence-corrected chi connectivity index (χ2v) is 5.45. The van der Waals surface area contributed by atoms with Gasteiger partial charge in [0.05, 0.1) is 34.0 Å². The molecule has 0 aromatic heterocycles. The molecule has 0 amide bonds. The Morgan fingerprint density at radius 1 is 1.23 bits per heavy atom. The molecule has 1 fully saturated rings. The van der Waals surface area contributed by atoms with E-state index in [2.05, 4.69) is 17.1 Å². The highest BCUT2D eigenvalue weighted by molar-refractivity contribution is 5.54. The van der Waals surface area contributed by atoms with Crippen LogP contribution in [-0.4, -0.2) is 63.6 Å². The van der Waals surface area contributed by atoms with Gasteiger partial charge < -0.3 is 24.6 Å². The number of hydrogen-bond donors (Lipinski definition) is 2. The normalized spacial score (nSPS) is 20.5. The predicted molar refractivity (Wildman–Crippen MR) is 85.0 cm³/mol. The van der Waals surface area contributed by atoms with Gasteiger partial charge in [-0.1, -0.05) is 0 Å². The Hall–Kier alpha value is -1.50. The molecule has 22 heavy (non-hydrogen) atoms. The molecule has 2 N–H and O–H groups in total. The molecule has 1 aromatic rings. The van der Waals surface area contributed by atoms with Gasteiger partial charge >= 0.3 is 0 Å². The van der Waals surface area contributed by atoms with Crippen molar-refractivity contribution in [2.45, 2.75) is 19.0 Å². The van der Waals surface area contributed by atoms with Gasteiger partial charge in [-0.15, -0.1) is 0 Å². The van der Waals surface area contributed by atoms with E-state index < -0.39 is 0 Å². The van der Waals surface area contributed by atoms with Gasteiger partial charge in [0, 0.05) is 25.7 Å². The maximum absolute atomic E-state index is 9.93. The Kier molecular flexibility index (Phi) is 5.88. The second-order valence-electron chi connectivity index (χ2n) is 5.45. The van der Waals surface area contributed by atoms with Crippen molar-refractivity contribution in [3.63, 3.8) is 0 Å². The van der Waals surface area contributed by atoms with E-state index in [0.29, 0.717) is 23.3 Å². The van der Waals surface area contributed by atoms with Crippen LogP contribution in [0, 0.1) is 0 Å². The minimum absolute atomic E-state index is 0.0446. The van der Waals surface area contributed by atoms with Gasteiger partial charge in [0.25, 0.3) is 0 Å². The predicted octanol–water partition coefficient (Wildman–Crippen LogP) is 1.04. The lowest BCUT2D eigenvalue weighted by Gasteiger charge is -2.39. The quantitative estimate of drug-likeness (QED) is 0.818. The van der Waals surface area contributed by atoms with Crippen LogP contribution in [0.5, 0.6) is 17.2 Å². The Morgan fingerprint density at radius 2 is 1.86 bits per heavy atom. The molecular formula is C16H26N2O4. The molecule has 2 rings (SSSR count). The third kappa shape index (κ3) is 3.29. The smallest absolute Gasteiger partial charge is 0.203 e. The summed E-state index contributed by atoms with van der Waals surface area (Å²) in [6.07, 6.45) is 0. The van der Waals surface area contributed by atoms with Gasteiger partial charge in [-0.2, -0.15) is 0 Å². The first-order valence-corrected chi connectivity index (χ1v) is 7.53. The zero-order valence-corrected chi connectivity index (χ0v) is 13.8. The number of rotatable bonds is 6. The molecule has 124 valence electrons. The summed E-state index contributed by atoms with van der Waals surface area (Å²) in [6, 6.07) is 4.09. The maximum Gasteiger partial charge on any atom is 0.203 e. The Morgan fingerprint density at radius 3 is 2.32 bits per heavy atom. The van der Waals surface area contributed by atoms with Crippen LogP contribution in [0.3, 0.4) is 0 Å². The third-order valence-corrected chi connectivity index (χ3v) is 4.20. The van der Waals surface area contributed by atoms with E-state index in [9.17, 15) is 5.11 Å². The minimum atomic E-state index is -0.0918. The molecule has 6 nitrogen and oxygen atoms in total. The highest BCUT2D eigenvalue weighted by atomic mass is 16.5. The number of ether oxygens (including phenoxy) is 3. The number of aliphatic hydroxyl groups excluding tert-OH is 1. The van der Waals surface area contributed by atoms with Crippen molar-refractivity contribution < 1.29 is 19.3 Å². The van der Waals surface area contributed by atoms with Crippen molar-refractivity contribution in [1.82, 2.24) is 10.2 Å². The molecule has 0 bridgehead atoms. The summed E-state index contributed by atoms with van der Waals surface area (Å²) in [6.45, 7) is 4.94. The average Bonchev–Trinajstić information content (AvgIpc) is 2.56. The molecule has 6 heteroatoms. The van der Waals surface area contributed by atoms with Gasteiger partial charge in [0.15, 0.2) is 11.5 Å². The average molecular weight is 310 g/mol. The molecule has 0 spiro atoms. The summed E-state index contributed by atoms with van der Waals surface area (Å²) in [5.41, 5.74) is 0.964. The van der Waals surface area contributed by atoms with Crippen molar-refractivity contribution in [1.29, 1.82) is 0 Å². The molecule has 2 unspecified atom stereocenters. The second kappa shape index (κ2) is 7.67. The fourth-order valence-electron chi connectivity index (χ4n) is 3.02. The lowest BCUT2D eigenvalue weighted by Crippen LogP contribution is -2.51. The van der Waals surface area contributed by atoms with E-state index in [1.165, 1.54) is 0 Å². The van der Waals surface area contributed by atoms with Gasteiger partial charge in [0.2, 0.25) is 5.75 Å². The Labute approximate surface area is 132 Å². The Balaban J connectivity index is 2.40. The van der Waals surface area contributed by atoms with Crippen molar-refractivity contribution in [3.8, 4) is 17.2 Å². The van der Waals surface area contributed by atoms with E-state index in [1.54, 1.807) is 21.3 Å². The van der Waals surface area contributed by atoms with Crippen LogP contribution in [0.25, 0.3) is 0 Å². The van der Waals surface area contributed by atoms with Crippen LogP contribution in [0.1, 0.15) is 18.5 Å². The standard InChI is InChI=1S/C16H26N2O4/c1-11-9-17-5-6-18(11)13(10-19)12-7-14(20-2)16(22-4)15(8-12)21-3/h7-8,11,13,17,19H,5-6,9-10H2,1-4H3. The van der Waals surface area contributed by atoms with Crippen LogP contribution in [0.15, 0.2) is 12.1 Å². The van der Waals surface area contributed by atoms with Crippen LogP contribution >= 0.6 is 0 Å². The van der Waals surface area contributed by atoms with Crippen LogP contribution in [0.2, 0.25) is 0 Å². The molecule has 1 aliphatic rings. The van der Waals surface area contributed by atoms with Crippen LogP contribution < -0.4 is 19.5 Å². The van der Waals surface area contributed by atoms with Crippen molar-refractivity contribution >= 4 is 0 Å². The van der Waals surface area contributed by atoms with Crippen molar-refractivity contribution in [2.24, 2.45) is 0 Å². The summed E-state index contributed by atoms with van der Waals surface area (Å²) in [4.78, 5) is 2.30. The zero-order chi connectivity index (χ0) is 16.1. The van der Waals surface area contributed by atoms with E-state index in [-0.39, 0.29) is 12.6 Å². The monoisotopic (exact) mass is 310 g/mol. The number of nitrogens with zero attached hydrogens (tertiary/aromatic N) is 1. The molecule has 1 aromatic carbocycles. The Bertz CT molecular complexity index is 470. The van der Waals surface area contributed by atoms with Gasteiger partial charge in [-0.05, 0) is 24.6 Å². The summed E-state index contributed by atoms with van der Waals surface area (Å²) >= 11 is 0. The summed E-state index contributed by atoms with van der Waals surface area (Å²) < 4.78 is 16.2. The van der Waals surface area contributed by atoms with Gasteiger partial charge in [-0.3, -0.25) is 4.90 Å². The molecule has 1 saturated heterocycles. The van der Waals surface area contributed by atoms with Crippen LogP contribution in [-0.2, 0) is 0 Å². The topological polar surface area (TPSA) is 63.2 Å². The lowest BCUT2D eigenvalue weighted by molar-refractivity contribution is 0.0720. The third-order valence-electron chi connectivity index (χ3n) is 4.20. The maximum atomic E-state index is 9.93. The highest BCUT2D eigenvalue weighted by Crippen LogP contribution is 2.40. The van der Waals surface area contributed by atoms with E-state index in [4.69, 9.17) is 14.2 Å². The first-order chi connectivity index (χ1) is 10.7. The number of nitrogens with one attached hydrogen (secondary N) is 1. The minimum Gasteiger partial charge on any atom is -0.493 e. The largest absolute Gasteiger partial charge is 0.493 e. The fraction of sp³-hybridized carbons (Fsp3) is 0.625.